The van der Waals surface area contributed by atoms with Gasteiger partial charge in [0.15, 0.2) is 5.82 Å². The molecule has 0 amide bonds. The van der Waals surface area contributed by atoms with Gasteiger partial charge in [-0.1, -0.05) is 0 Å². The van der Waals surface area contributed by atoms with Crippen molar-refractivity contribution in [2.24, 2.45) is 0 Å². The van der Waals surface area contributed by atoms with Crippen molar-refractivity contribution in [2.75, 3.05) is 6.54 Å². The summed E-state index contributed by atoms with van der Waals surface area (Å²) < 4.78 is 0. The summed E-state index contributed by atoms with van der Waals surface area (Å²) in [5.41, 5.74) is 2.07. The number of H-pyrrole nitrogens is 1. The van der Waals surface area contributed by atoms with Gasteiger partial charge in [-0.3, -0.25) is 9.78 Å². The SMILES string of the molecule is O=c1[nH]c(-c2cnccn2)nc2c1CNCC2. The van der Waals surface area contributed by atoms with Crippen LogP contribution < -0.4 is 10.9 Å². The van der Waals surface area contributed by atoms with Crippen LogP contribution in [-0.4, -0.2) is 26.5 Å². The standard InChI is InChI=1S/C11H11N5O/c17-11-7-5-12-2-1-8(7)15-10(16-11)9-6-13-3-4-14-9/h3-4,6,12H,1-2,5H2,(H,15,16,17). The molecule has 0 spiro atoms. The van der Waals surface area contributed by atoms with Gasteiger partial charge in [0.1, 0.15) is 5.69 Å². The van der Waals surface area contributed by atoms with Crippen LogP contribution in [0.4, 0.5) is 0 Å². The molecule has 0 saturated carbocycles. The lowest BCUT2D eigenvalue weighted by Crippen LogP contribution is -2.31. The van der Waals surface area contributed by atoms with E-state index in [-0.39, 0.29) is 5.56 Å². The first kappa shape index (κ1) is 10.1. The van der Waals surface area contributed by atoms with Gasteiger partial charge in [0.25, 0.3) is 5.56 Å². The van der Waals surface area contributed by atoms with Crippen LogP contribution in [-0.2, 0) is 13.0 Å². The second-order valence-electron chi connectivity index (χ2n) is 3.86. The second-order valence-corrected chi connectivity index (χ2v) is 3.86. The fourth-order valence-corrected chi connectivity index (χ4v) is 1.90. The Hall–Kier alpha value is -2.08. The van der Waals surface area contributed by atoms with E-state index in [1.54, 1.807) is 18.6 Å². The molecule has 0 bridgehead atoms. The van der Waals surface area contributed by atoms with E-state index in [1.165, 1.54) is 0 Å². The number of rotatable bonds is 1. The zero-order valence-electron chi connectivity index (χ0n) is 9.10. The van der Waals surface area contributed by atoms with Crippen molar-refractivity contribution in [3.05, 3.63) is 40.2 Å². The fourth-order valence-electron chi connectivity index (χ4n) is 1.90. The van der Waals surface area contributed by atoms with Crippen molar-refractivity contribution in [1.29, 1.82) is 0 Å². The summed E-state index contributed by atoms with van der Waals surface area (Å²) in [4.78, 5) is 27.2. The van der Waals surface area contributed by atoms with Crippen LogP contribution in [0.25, 0.3) is 11.5 Å². The van der Waals surface area contributed by atoms with Crippen LogP contribution in [0.3, 0.4) is 0 Å². The number of nitrogens with one attached hydrogen (secondary N) is 2. The topological polar surface area (TPSA) is 83.6 Å². The molecule has 2 aromatic rings. The molecule has 3 rings (SSSR count). The van der Waals surface area contributed by atoms with Gasteiger partial charge in [0, 0.05) is 31.9 Å². The largest absolute Gasteiger partial charge is 0.312 e. The molecule has 1 aliphatic heterocycles. The lowest BCUT2D eigenvalue weighted by atomic mass is 10.1. The Bertz CT molecular complexity index is 593. The lowest BCUT2D eigenvalue weighted by molar-refractivity contribution is 0.621. The third kappa shape index (κ3) is 1.83. The van der Waals surface area contributed by atoms with E-state index in [0.29, 0.717) is 18.1 Å². The Kier molecular flexibility index (Phi) is 2.41. The number of nitrogens with zero attached hydrogens (tertiary/aromatic N) is 3. The summed E-state index contributed by atoms with van der Waals surface area (Å²) in [6, 6.07) is 0. The first-order valence-corrected chi connectivity index (χ1v) is 5.44. The average Bonchev–Trinajstić information content (AvgIpc) is 2.40. The third-order valence-electron chi connectivity index (χ3n) is 2.75. The normalized spacial score (nSPS) is 14.4. The molecule has 2 N–H and O–H groups in total. The van der Waals surface area contributed by atoms with Crippen molar-refractivity contribution in [3.63, 3.8) is 0 Å². The van der Waals surface area contributed by atoms with Gasteiger partial charge >= 0.3 is 0 Å². The average molecular weight is 229 g/mol. The molecular weight excluding hydrogens is 218 g/mol. The van der Waals surface area contributed by atoms with E-state index < -0.39 is 0 Å². The van der Waals surface area contributed by atoms with E-state index in [4.69, 9.17) is 0 Å². The number of hydrogen-bond acceptors (Lipinski definition) is 5. The highest BCUT2D eigenvalue weighted by Crippen LogP contribution is 2.12. The maximum absolute atomic E-state index is 11.9. The van der Waals surface area contributed by atoms with Gasteiger partial charge in [-0.2, -0.15) is 0 Å². The summed E-state index contributed by atoms with van der Waals surface area (Å²) in [5.74, 6) is 0.490. The van der Waals surface area contributed by atoms with Gasteiger partial charge in [-0.25, -0.2) is 9.97 Å². The van der Waals surface area contributed by atoms with Crippen LogP contribution in [0, 0.1) is 0 Å². The fraction of sp³-hybridized carbons (Fsp3) is 0.273. The minimum Gasteiger partial charge on any atom is -0.312 e. The van der Waals surface area contributed by atoms with Crippen LogP contribution >= 0.6 is 0 Å². The zero-order valence-corrected chi connectivity index (χ0v) is 9.10. The Labute approximate surface area is 97.2 Å². The number of aromatic amines is 1. The highest BCUT2D eigenvalue weighted by molar-refractivity contribution is 5.47. The lowest BCUT2D eigenvalue weighted by Gasteiger charge is -2.15. The minimum absolute atomic E-state index is 0.0946. The van der Waals surface area contributed by atoms with Crippen molar-refractivity contribution >= 4 is 0 Å². The quantitative estimate of drug-likeness (QED) is 0.711. The van der Waals surface area contributed by atoms with Crippen molar-refractivity contribution < 1.29 is 0 Å². The van der Waals surface area contributed by atoms with Crippen LogP contribution in [0.1, 0.15) is 11.3 Å². The summed E-state index contributed by atoms with van der Waals surface area (Å²) in [7, 11) is 0. The van der Waals surface area contributed by atoms with Gasteiger partial charge < -0.3 is 10.3 Å². The van der Waals surface area contributed by atoms with Gasteiger partial charge in [-0.05, 0) is 0 Å². The molecule has 17 heavy (non-hydrogen) atoms. The minimum atomic E-state index is -0.0946. The molecule has 0 aliphatic carbocycles. The number of fused-ring (bicyclic) bond motifs is 1. The Balaban J connectivity index is 2.14. The second kappa shape index (κ2) is 4.06. The van der Waals surface area contributed by atoms with Gasteiger partial charge in [0.05, 0.1) is 17.5 Å². The predicted octanol–water partition coefficient (Wildman–Crippen LogP) is -0.127. The molecular formula is C11H11N5O. The first-order chi connectivity index (χ1) is 8.34. The first-order valence-electron chi connectivity index (χ1n) is 5.44. The summed E-state index contributed by atoms with van der Waals surface area (Å²) in [5, 5.41) is 3.15. The van der Waals surface area contributed by atoms with E-state index >= 15 is 0 Å². The van der Waals surface area contributed by atoms with Gasteiger partial charge in [-0.15, -0.1) is 0 Å². The molecule has 0 atom stereocenters. The molecule has 0 unspecified atom stereocenters. The van der Waals surface area contributed by atoms with Crippen LogP contribution in [0.2, 0.25) is 0 Å². The molecule has 6 heteroatoms. The molecule has 0 aromatic carbocycles. The van der Waals surface area contributed by atoms with Crippen molar-refractivity contribution in [1.82, 2.24) is 25.3 Å². The van der Waals surface area contributed by atoms with Crippen LogP contribution in [0.5, 0.6) is 0 Å². The zero-order chi connectivity index (χ0) is 11.7. The molecule has 86 valence electrons. The smallest absolute Gasteiger partial charge is 0.255 e. The number of hydrogen-bond donors (Lipinski definition) is 2. The van der Waals surface area contributed by atoms with Gasteiger partial charge in [0.2, 0.25) is 0 Å². The van der Waals surface area contributed by atoms with E-state index in [1.807, 2.05) is 0 Å². The van der Waals surface area contributed by atoms with E-state index in [2.05, 4.69) is 25.3 Å². The molecule has 1 aliphatic rings. The molecule has 6 nitrogen and oxygen atoms in total. The molecule has 3 heterocycles. The van der Waals surface area contributed by atoms with Crippen molar-refractivity contribution in [3.8, 4) is 11.5 Å². The molecule has 0 radical (unpaired) electrons. The molecule has 0 saturated heterocycles. The number of aromatic nitrogens is 4. The van der Waals surface area contributed by atoms with E-state index in [0.717, 1.165) is 24.2 Å². The highest BCUT2D eigenvalue weighted by atomic mass is 16.1. The molecule has 0 fully saturated rings. The highest BCUT2D eigenvalue weighted by Gasteiger charge is 2.15. The summed E-state index contributed by atoms with van der Waals surface area (Å²) in [6.07, 6.45) is 5.53. The summed E-state index contributed by atoms with van der Waals surface area (Å²) >= 11 is 0. The van der Waals surface area contributed by atoms with E-state index in [9.17, 15) is 4.79 Å². The molecule has 2 aromatic heterocycles. The maximum atomic E-state index is 11.9. The Morgan fingerprint density at radius 1 is 1.29 bits per heavy atom. The van der Waals surface area contributed by atoms with Crippen molar-refractivity contribution in [2.45, 2.75) is 13.0 Å². The third-order valence-corrected chi connectivity index (χ3v) is 2.75. The monoisotopic (exact) mass is 229 g/mol. The van der Waals surface area contributed by atoms with Crippen LogP contribution in [0.15, 0.2) is 23.4 Å². The Morgan fingerprint density at radius 3 is 3.06 bits per heavy atom. The predicted molar refractivity (Wildman–Crippen MR) is 61.3 cm³/mol. The maximum Gasteiger partial charge on any atom is 0.255 e. The summed E-state index contributed by atoms with van der Waals surface area (Å²) in [6.45, 7) is 1.43. The Morgan fingerprint density at radius 2 is 2.24 bits per heavy atom.